The number of rotatable bonds is 7. The van der Waals surface area contributed by atoms with Crippen molar-refractivity contribution in [2.75, 3.05) is 6.61 Å². The molecule has 0 aliphatic rings. The molecule has 0 radical (unpaired) electrons. The molecule has 0 saturated carbocycles. The first-order chi connectivity index (χ1) is 6.54. The van der Waals surface area contributed by atoms with Crippen molar-refractivity contribution in [1.29, 1.82) is 0 Å². The van der Waals surface area contributed by atoms with E-state index >= 15 is 0 Å². The lowest BCUT2D eigenvalue weighted by Gasteiger charge is -2.14. The van der Waals surface area contributed by atoms with E-state index in [-0.39, 0.29) is 5.97 Å². The first-order valence-corrected chi connectivity index (χ1v) is 5.67. The first kappa shape index (κ1) is 13.5. The summed E-state index contributed by atoms with van der Waals surface area (Å²) in [5.41, 5.74) is 0. The van der Waals surface area contributed by atoms with Crippen molar-refractivity contribution in [3.8, 4) is 0 Å². The minimum atomic E-state index is -0.166. The SMILES string of the molecule is CC(=O)OCCCCCC(C)C(C)C. The van der Waals surface area contributed by atoms with Crippen LogP contribution in [0.2, 0.25) is 0 Å². The van der Waals surface area contributed by atoms with Gasteiger partial charge in [0.15, 0.2) is 0 Å². The molecule has 0 aromatic rings. The highest BCUT2D eigenvalue weighted by Crippen LogP contribution is 2.17. The smallest absolute Gasteiger partial charge is 0.302 e. The molecule has 0 bridgehead atoms. The predicted octanol–water partition coefficient (Wildman–Crippen LogP) is 3.40. The largest absolute Gasteiger partial charge is 0.466 e. The van der Waals surface area contributed by atoms with Crippen LogP contribution in [-0.2, 0) is 9.53 Å². The lowest BCUT2D eigenvalue weighted by atomic mass is 9.92. The van der Waals surface area contributed by atoms with Gasteiger partial charge in [0.25, 0.3) is 0 Å². The monoisotopic (exact) mass is 200 g/mol. The minimum absolute atomic E-state index is 0.166. The van der Waals surface area contributed by atoms with Gasteiger partial charge in [-0.25, -0.2) is 0 Å². The van der Waals surface area contributed by atoms with Crippen LogP contribution in [0.4, 0.5) is 0 Å². The van der Waals surface area contributed by atoms with Gasteiger partial charge < -0.3 is 4.74 Å². The Bertz CT molecular complexity index is 152. The van der Waals surface area contributed by atoms with E-state index in [1.807, 2.05) is 0 Å². The molecule has 0 saturated heterocycles. The van der Waals surface area contributed by atoms with Gasteiger partial charge in [-0.15, -0.1) is 0 Å². The third-order valence-electron chi connectivity index (χ3n) is 2.75. The Labute approximate surface area is 88.0 Å². The second kappa shape index (κ2) is 7.84. The molecule has 1 atom stereocenters. The van der Waals surface area contributed by atoms with E-state index in [0.717, 1.165) is 18.3 Å². The normalized spacial score (nSPS) is 12.9. The van der Waals surface area contributed by atoms with Crippen LogP contribution < -0.4 is 0 Å². The van der Waals surface area contributed by atoms with E-state index in [9.17, 15) is 4.79 Å². The zero-order valence-electron chi connectivity index (χ0n) is 10.0. The topological polar surface area (TPSA) is 26.3 Å². The summed E-state index contributed by atoms with van der Waals surface area (Å²) in [4.78, 5) is 10.5. The summed E-state index contributed by atoms with van der Waals surface area (Å²) in [7, 11) is 0. The number of hydrogen-bond acceptors (Lipinski definition) is 2. The van der Waals surface area contributed by atoms with Crippen molar-refractivity contribution >= 4 is 5.97 Å². The van der Waals surface area contributed by atoms with Gasteiger partial charge in [-0.05, 0) is 18.3 Å². The van der Waals surface area contributed by atoms with Crippen LogP contribution in [0.25, 0.3) is 0 Å². The molecule has 2 nitrogen and oxygen atoms in total. The van der Waals surface area contributed by atoms with E-state index in [2.05, 4.69) is 20.8 Å². The fourth-order valence-corrected chi connectivity index (χ4v) is 1.29. The molecular weight excluding hydrogens is 176 g/mol. The van der Waals surface area contributed by atoms with Gasteiger partial charge in [-0.2, -0.15) is 0 Å². The summed E-state index contributed by atoms with van der Waals surface area (Å²) in [5, 5.41) is 0. The van der Waals surface area contributed by atoms with E-state index in [1.165, 1.54) is 26.2 Å². The zero-order chi connectivity index (χ0) is 11.0. The lowest BCUT2D eigenvalue weighted by molar-refractivity contribution is -0.141. The van der Waals surface area contributed by atoms with Crippen molar-refractivity contribution in [3.63, 3.8) is 0 Å². The second-order valence-corrected chi connectivity index (χ2v) is 4.41. The van der Waals surface area contributed by atoms with E-state index in [1.54, 1.807) is 0 Å². The van der Waals surface area contributed by atoms with Gasteiger partial charge in [-0.1, -0.05) is 40.0 Å². The summed E-state index contributed by atoms with van der Waals surface area (Å²) in [5.74, 6) is 1.42. The molecule has 0 fully saturated rings. The molecule has 0 aromatic carbocycles. The molecule has 14 heavy (non-hydrogen) atoms. The van der Waals surface area contributed by atoms with Gasteiger partial charge in [-0.3, -0.25) is 4.79 Å². The Hall–Kier alpha value is -0.530. The first-order valence-electron chi connectivity index (χ1n) is 5.67. The maximum absolute atomic E-state index is 10.5. The molecule has 0 aliphatic heterocycles. The summed E-state index contributed by atoms with van der Waals surface area (Å²) in [6, 6.07) is 0. The molecule has 0 aliphatic carbocycles. The summed E-state index contributed by atoms with van der Waals surface area (Å²) < 4.78 is 4.86. The van der Waals surface area contributed by atoms with Gasteiger partial charge in [0.05, 0.1) is 6.61 Å². The van der Waals surface area contributed by atoms with Crippen molar-refractivity contribution in [2.24, 2.45) is 11.8 Å². The lowest BCUT2D eigenvalue weighted by Crippen LogP contribution is -2.04. The van der Waals surface area contributed by atoms with Crippen LogP contribution in [0.1, 0.15) is 53.4 Å². The van der Waals surface area contributed by atoms with Crippen LogP contribution >= 0.6 is 0 Å². The van der Waals surface area contributed by atoms with Crippen molar-refractivity contribution in [1.82, 2.24) is 0 Å². The second-order valence-electron chi connectivity index (χ2n) is 4.41. The summed E-state index contributed by atoms with van der Waals surface area (Å²) in [6.07, 6.45) is 4.72. The molecule has 2 heteroatoms. The van der Waals surface area contributed by atoms with Crippen LogP contribution in [0, 0.1) is 11.8 Å². The van der Waals surface area contributed by atoms with Crippen LogP contribution in [0.5, 0.6) is 0 Å². The average molecular weight is 200 g/mol. The fourth-order valence-electron chi connectivity index (χ4n) is 1.29. The molecule has 0 rings (SSSR count). The van der Waals surface area contributed by atoms with Gasteiger partial charge in [0, 0.05) is 6.92 Å². The van der Waals surface area contributed by atoms with Crippen LogP contribution in [-0.4, -0.2) is 12.6 Å². The van der Waals surface area contributed by atoms with E-state index < -0.39 is 0 Å². The van der Waals surface area contributed by atoms with Gasteiger partial charge in [0.1, 0.15) is 0 Å². The Kier molecular flexibility index (Phi) is 7.54. The fraction of sp³-hybridized carbons (Fsp3) is 0.917. The van der Waals surface area contributed by atoms with E-state index in [0.29, 0.717) is 6.61 Å². The minimum Gasteiger partial charge on any atom is -0.466 e. The molecule has 0 N–H and O–H groups in total. The van der Waals surface area contributed by atoms with Gasteiger partial charge >= 0.3 is 5.97 Å². The Morgan fingerprint density at radius 2 is 1.79 bits per heavy atom. The highest BCUT2D eigenvalue weighted by molar-refractivity contribution is 5.65. The molecule has 0 aromatic heterocycles. The molecule has 1 unspecified atom stereocenters. The number of unbranched alkanes of at least 4 members (excludes halogenated alkanes) is 2. The van der Waals surface area contributed by atoms with Crippen LogP contribution in [0.15, 0.2) is 0 Å². The average Bonchev–Trinajstić information content (AvgIpc) is 2.09. The Balaban J connectivity index is 3.17. The number of carbonyl (C=O) groups is 1. The van der Waals surface area contributed by atoms with Crippen molar-refractivity contribution in [2.45, 2.75) is 53.4 Å². The van der Waals surface area contributed by atoms with Gasteiger partial charge in [0.2, 0.25) is 0 Å². The molecule has 84 valence electrons. The maximum Gasteiger partial charge on any atom is 0.302 e. The quantitative estimate of drug-likeness (QED) is 0.465. The van der Waals surface area contributed by atoms with Crippen LogP contribution in [0.3, 0.4) is 0 Å². The number of hydrogen-bond donors (Lipinski definition) is 0. The molecule has 0 spiro atoms. The number of ether oxygens (including phenoxy) is 1. The highest BCUT2D eigenvalue weighted by atomic mass is 16.5. The van der Waals surface area contributed by atoms with Crippen molar-refractivity contribution < 1.29 is 9.53 Å². The zero-order valence-corrected chi connectivity index (χ0v) is 10.0. The third kappa shape index (κ3) is 8.09. The third-order valence-corrected chi connectivity index (χ3v) is 2.75. The Morgan fingerprint density at radius 3 is 2.29 bits per heavy atom. The standard InChI is InChI=1S/C12H24O2/c1-10(2)11(3)8-6-5-7-9-14-12(4)13/h10-11H,5-9H2,1-4H3. The Morgan fingerprint density at radius 1 is 1.14 bits per heavy atom. The summed E-state index contributed by atoms with van der Waals surface area (Å²) in [6.45, 7) is 8.88. The highest BCUT2D eigenvalue weighted by Gasteiger charge is 2.05. The molecule has 0 amide bonds. The number of carbonyl (C=O) groups excluding carboxylic acids is 1. The molecular formula is C12H24O2. The number of esters is 1. The summed E-state index contributed by atoms with van der Waals surface area (Å²) >= 11 is 0. The van der Waals surface area contributed by atoms with E-state index in [4.69, 9.17) is 4.74 Å². The maximum atomic E-state index is 10.5. The van der Waals surface area contributed by atoms with Crippen molar-refractivity contribution in [3.05, 3.63) is 0 Å². The predicted molar refractivity (Wildman–Crippen MR) is 59.1 cm³/mol. The molecule has 0 heterocycles.